The van der Waals surface area contributed by atoms with Crippen LogP contribution in [0, 0.1) is 11.3 Å². The van der Waals surface area contributed by atoms with Gasteiger partial charge in [-0.1, -0.05) is 32.1 Å². The van der Waals surface area contributed by atoms with Gasteiger partial charge in [-0.3, -0.25) is 8.98 Å². The maximum absolute atomic E-state index is 13.0. The molecule has 31 heavy (non-hydrogen) atoms. The number of carbonyl (C=O) groups is 1. The van der Waals surface area contributed by atoms with Crippen molar-refractivity contribution < 1.29 is 35.7 Å². The standard InChI is InChI=1S/C20H27F3N2O5S/c1-19(27,11-7-5-3-4-6-8-12-30-31(2,28)29)18(26)25-16-10-9-15(14-24)17(13-16)20(21,22)23/h9-10,13,27H,3-8,11-12H2,1-2H3,(H,25,26). The van der Waals surface area contributed by atoms with E-state index >= 15 is 0 Å². The Hall–Kier alpha value is -2.16. The summed E-state index contributed by atoms with van der Waals surface area (Å²) < 4.78 is 65.4. The molecule has 174 valence electrons. The fraction of sp³-hybridized carbons (Fsp3) is 0.600. The number of halogens is 3. The zero-order valence-corrected chi connectivity index (χ0v) is 18.3. The highest BCUT2D eigenvalue weighted by Gasteiger charge is 2.35. The molecule has 1 rings (SSSR count). The second-order valence-electron chi connectivity index (χ2n) is 7.50. The van der Waals surface area contributed by atoms with Crippen LogP contribution < -0.4 is 5.32 Å². The van der Waals surface area contributed by atoms with E-state index < -0.39 is 38.9 Å². The van der Waals surface area contributed by atoms with E-state index in [4.69, 9.17) is 5.26 Å². The molecule has 0 heterocycles. The summed E-state index contributed by atoms with van der Waals surface area (Å²) >= 11 is 0. The Bertz CT molecular complexity index is 893. The number of hydrogen-bond acceptors (Lipinski definition) is 6. The average Bonchev–Trinajstić information content (AvgIpc) is 2.65. The predicted molar refractivity (Wildman–Crippen MR) is 109 cm³/mol. The van der Waals surface area contributed by atoms with Gasteiger partial charge in [0.05, 0.1) is 30.1 Å². The Morgan fingerprint density at radius 2 is 1.74 bits per heavy atom. The van der Waals surface area contributed by atoms with E-state index in [9.17, 15) is 31.5 Å². The van der Waals surface area contributed by atoms with Crippen LogP contribution in [-0.4, -0.2) is 37.9 Å². The average molecular weight is 465 g/mol. The van der Waals surface area contributed by atoms with Gasteiger partial charge < -0.3 is 10.4 Å². The number of anilines is 1. The summed E-state index contributed by atoms with van der Waals surface area (Å²) in [6.45, 7) is 1.43. The molecule has 0 bridgehead atoms. The number of nitrogens with one attached hydrogen (secondary N) is 1. The molecular formula is C20H27F3N2O5S. The first-order valence-electron chi connectivity index (χ1n) is 9.76. The van der Waals surface area contributed by atoms with Gasteiger partial charge in [0, 0.05) is 5.69 Å². The Morgan fingerprint density at radius 1 is 1.16 bits per heavy atom. The first-order chi connectivity index (χ1) is 14.3. The summed E-state index contributed by atoms with van der Waals surface area (Å²) in [5, 5.41) is 21.4. The summed E-state index contributed by atoms with van der Waals surface area (Å²) in [4.78, 5) is 12.3. The van der Waals surface area contributed by atoms with Crippen molar-refractivity contribution in [2.24, 2.45) is 0 Å². The van der Waals surface area contributed by atoms with Gasteiger partial charge in [0.2, 0.25) is 0 Å². The van der Waals surface area contributed by atoms with Crippen LogP contribution in [0.2, 0.25) is 0 Å². The van der Waals surface area contributed by atoms with Gasteiger partial charge >= 0.3 is 6.18 Å². The Kier molecular flexibility index (Phi) is 9.93. The van der Waals surface area contributed by atoms with Crippen LogP contribution in [0.4, 0.5) is 18.9 Å². The molecule has 1 unspecified atom stereocenters. The Morgan fingerprint density at radius 3 is 2.29 bits per heavy atom. The number of benzene rings is 1. The van der Waals surface area contributed by atoms with Gasteiger partial charge in [-0.05, 0) is 38.0 Å². The number of hydrogen-bond donors (Lipinski definition) is 2. The normalized spacial score (nSPS) is 14.0. The van der Waals surface area contributed by atoms with Crippen LogP contribution in [0.3, 0.4) is 0 Å². The number of rotatable bonds is 12. The van der Waals surface area contributed by atoms with E-state index in [2.05, 4.69) is 9.50 Å². The lowest BCUT2D eigenvalue weighted by Gasteiger charge is -2.22. The number of nitriles is 1. The SMILES string of the molecule is CC(O)(CCCCCCCCOS(C)(=O)=O)C(=O)Nc1ccc(C#N)c(C(F)(F)F)c1. The second-order valence-corrected chi connectivity index (χ2v) is 9.14. The highest BCUT2D eigenvalue weighted by molar-refractivity contribution is 7.85. The molecule has 0 fully saturated rings. The molecule has 0 spiro atoms. The van der Waals surface area contributed by atoms with Crippen molar-refractivity contribution in [1.29, 1.82) is 5.26 Å². The zero-order chi connectivity index (χ0) is 23.7. The van der Waals surface area contributed by atoms with E-state index in [1.807, 2.05) is 0 Å². The first-order valence-corrected chi connectivity index (χ1v) is 11.6. The van der Waals surface area contributed by atoms with E-state index in [0.29, 0.717) is 18.9 Å². The highest BCUT2D eigenvalue weighted by Crippen LogP contribution is 2.33. The molecule has 0 aliphatic rings. The summed E-state index contributed by atoms with van der Waals surface area (Å²) in [5.74, 6) is -0.830. The second kappa shape index (κ2) is 11.5. The van der Waals surface area contributed by atoms with Crippen LogP contribution in [0.5, 0.6) is 0 Å². The van der Waals surface area contributed by atoms with Crippen molar-refractivity contribution in [3.05, 3.63) is 29.3 Å². The molecule has 2 N–H and O–H groups in total. The van der Waals surface area contributed by atoms with Crippen molar-refractivity contribution in [3.63, 3.8) is 0 Å². The van der Waals surface area contributed by atoms with E-state index in [0.717, 1.165) is 38.0 Å². The number of carbonyl (C=O) groups excluding carboxylic acids is 1. The number of alkyl halides is 3. The van der Waals surface area contributed by atoms with Crippen LogP contribution in [-0.2, 0) is 25.3 Å². The van der Waals surface area contributed by atoms with Gasteiger partial charge in [0.25, 0.3) is 16.0 Å². The molecule has 0 saturated heterocycles. The van der Waals surface area contributed by atoms with Crippen LogP contribution in [0.15, 0.2) is 18.2 Å². The van der Waals surface area contributed by atoms with Crippen LogP contribution in [0.1, 0.15) is 63.0 Å². The van der Waals surface area contributed by atoms with Gasteiger partial charge in [-0.2, -0.15) is 26.9 Å². The van der Waals surface area contributed by atoms with E-state index in [-0.39, 0.29) is 18.7 Å². The highest BCUT2D eigenvalue weighted by atomic mass is 32.2. The molecule has 7 nitrogen and oxygen atoms in total. The maximum atomic E-state index is 13.0. The number of nitrogens with zero attached hydrogens (tertiary/aromatic N) is 1. The van der Waals surface area contributed by atoms with Gasteiger partial charge in [0.15, 0.2) is 0 Å². The monoisotopic (exact) mass is 464 g/mol. The molecule has 1 amide bonds. The van der Waals surface area contributed by atoms with Crippen molar-refractivity contribution in [2.75, 3.05) is 18.2 Å². The molecule has 0 aliphatic carbocycles. The largest absolute Gasteiger partial charge is 0.417 e. The van der Waals surface area contributed by atoms with E-state index in [1.54, 1.807) is 0 Å². The lowest BCUT2D eigenvalue weighted by molar-refractivity contribution is -0.138. The van der Waals surface area contributed by atoms with Crippen molar-refractivity contribution >= 4 is 21.7 Å². The summed E-state index contributed by atoms with van der Waals surface area (Å²) in [6.07, 6.45) is 0.681. The van der Waals surface area contributed by atoms with Crippen molar-refractivity contribution in [2.45, 2.75) is 63.6 Å². The molecule has 1 atom stereocenters. The minimum absolute atomic E-state index is 0.123. The molecule has 0 saturated carbocycles. The zero-order valence-electron chi connectivity index (χ0n) is 17.5. The quantitative estimate of drug-likeness (QED) is 0.357. The summed E-state index contributed by atoms with van der Waals surface area (Å²) in [5.41, 5.74) is -3.64. The minimum Gasteiger partial charge on any atom is -0.380 e. The van der Waals surface area contributed by atoms with E-state index in [1.165, 1.54) is 19.1 Å². The molecule has 11 heteroatoms. The van der Waals surface area contributed by atoms with Crippen molar-refractivity contribution in [1.82, 2.24) is 0 Å². The molecule has 1 aromatic rings. The minimum atomic E-state index is -4.74. The topological polar surface area (TPSA) is 116 Å². The predicted octanol–water partition coefficient (Wildman–Crippen LogP) is 3.97. The number of amides is 1. The third-order valence-electron chi connectivity index (χ3n) is 4.55. The number of aliphatic hydroxyl groups is 1. The summed E-state index contributed by atoms with van der Waals surface area (Å²) in [7, 11) is -3.42. The Balaban J connectivity index is 2.44. The summed E-state index contributed by atoms with van der Waals surface area (Å²) in [6, 6.07) is 4.27. The fourth-order valence-corrected chi connectivity index (χ4v) is 3.24. The van der Waals surface area contributed by atoms with Crippen molar-refractivity contribution in [3.8, 4) is 6.07 Å². The van der Waals surface area contributed by atoms with Gasteiger partial charge in [-0.15, -0.1) is 0 Å². The lowest BCUT2D eigenvalue weighted by Crippen LogP contribution is -2.40. The van der Waals surface area contributed by atoms with Gasteiger partial charge in [0.1, 0.15) is 5.60 Å². The van der Waals surface area contributed by atoms with Crippen LogP contribution >= 0.6 is 0 Å². The maximum Gasteiger partial charge on any atom is 0.417 e. The molecule has 0 aromatic heterocycles. The molecule has 1 aromatic carbocycles. The van der Waals surface area contributed by atoms with Crippen LogP contribution in [0.25, 0.3) is 0 Å². The third kappa shape index (κ3) is 10.1. The van der Waals surface area contributed by atoms with Gasteiger partial charge in [-0.25, -0.2) is 0 Å². The number of unbranched alkanes of at least 4 members (excludes halogenated alkanes) is 5. The smallest absolute Gasteiger partial charge is 0.380 e. The molecular weight excluding hydrogens is 437 g/mol. The third-order valence-corrected chi connectivity index (χ3v) is 5.14. The molecule has 0 aliphatic heterocycles. The fourth-order valence-electron chi connectivity index (χ4n) is 2.82. The lowest BCUT2D eigenvalue weighted by atomic mass is 9.96. The first kappa shape index (κ1) is 26.9. The molecule has 0 radical (unpaired) electrons. The Labute approximate surface area is 180 Å².